The van der Waals surface area contributed by atoms with Gasteiger partial charge in [-0.3, -0.25) is 4.79 Å². The highest BCUT2D eigenvalue weighted by Crippen LogP contribution is 2.27. The van der Waals surface area contributed by atoms with Gasteiger partial charge in [-0.1, -0.05) is 27.5 Å². The van der Waals surface area contributed by atoms with Crippen LogP contribution < -0.4 is 0 Å². The fourth-order valence-electron chi connectivity index (χ4n) is 0.813. The highest BCUT2D eigenvalue weighted by molar-refractivity contribution is 9.10. The summed E-state index contributed by atoms with van der Waals surface area (Å²) >= 11 is 11.5. The molecule has 0 aliphatic rings. The highest BCUT2D eigenvalue weighted by Gasteiger charge is 2.14. The quantitative estimate of drug-likeness (QED) is 0.458. The fraction of sp³-hybridized carbons (Fsp3) is 0.125. The summed E-state index contributed by atoms with van der Waals surface area (Å²) in [4.78, 5) is 11.1. The molecule has 0 aliphatic carbocycles. The molecule has 5 heteroatoms. The molecule has 0 saturated carbocycles. The molecule has 0 aromatic heterocycles. The molecule has 1 aromatic carbocycles. The maximum absolute atomic E-state index is 13.3. The molecular formula is C8H4Br2ClFO. The number of rotatable bonds is 2. The van der Waals surface area contributed by atoms with Gasteiger partial charge in [-0.2, -0.15) is 0 Å². The molecule has 0 unspecified atom stereocenters. The van der Waals surface area contributed by atoms with Gasteiger partial charge in [0, 0.05) is 0 Å². The Hall–Kier alpha value is 0.0700. The summed E-state index contributed by atoms with van der Waals surface area (Å²) in [7, 11) is 0. The summed E-state index contributed by atoms with van der Waals surface area (Å²) in [6.07, 6.45) is 0. The zero-order valence-corrected chi connectivity index (χ0v) is 10.2. The minimum atomic E-state index is -0.614. The molecule has 0 amide bonds. The van der Waals surface area contributed by atoms with E-state index in [1.54, 1.807) is 0 Å². The van der Waals surface area contributed by atoms with Crippen molar-refractivity contribution in [3.05, 3.63) is 33.0 Å². The number of halogens is 4. The van der Waals surface area contributed by atoms with Crippen LogP contribution in [0.3, 0.4) is 0 Å². The Bertz CT molecular complexity index is 354. The van der Waals surface area contributed by atoms with Crippen molar-refractivity contribution in [2.45, 2.75) is 0 Å². The molecule has 0 aliphatic heterocycles. The molecule has 13 heavy (non-hydrogen) atoms. The van der Waals surface area contributed by atoms with Crippen molar-refractivity contribution in [2.24, 2.45) is 0 Å². The van der Waals surface area contributed by atoms with E-state index in [4.69, 9.17) is 11.6 Å². The van der Waals surface area contributed by atoms with Crippen molar-refractivity contribution < 1.29 is 9.18 Å². The lowest BCUT2D eigenvalue weighted by atomic mass is 10.1. The van der Waals surface area contributed by atoms with E-state index in [-0.39, 0.29) is 26.2 Å². The lowest BCUT2D eigenvalue weighted by Gasteiger charge is -2.02. The van der Waals surface area contributed by atoms with Crippen LogP contribution in [0.5, 0.6) is 0 Å². The molecule has 0 radical (unpaired) electrons. The molecule has 0 N–H and O–H groups in total. The monoisotopic (exact) mass is 328 g/mol. The number of ketones is 1. The van der Waals surface area contributed by atoms with Crippen LogP contribution in [0.2, 0.25) is 5.02 Å². The van der Waals surface area contributed by atoms with Crippen molar-refractivity contribution in [3.63, 3.8) is 0 Å². The second kappa shape index (κ2) is 4.53. The second-order valence-corrected chi connectivity index (χ2v) is 4.04. The van der Waals surface area contributed by atoms with E-state index < -0.39 is 5.82 Å². The molecule has 0 heterocycles. The lowest BCUT2D eigenvalue weighted by molar-refractivity contribution is 0.102. The third-order valence-electron chi connectivity index (χ3n) is 1.46. The van der Waals surface area contributed by atoms with Crippen molar-refractivity contribution in [1.29, 1.82) is 0 Å². The summed E-state index contributed by atoms with van der Waals surface area (Å²) < 4.78 is 13.5. The van der Waals surface area contributed by atoms with Gasteiger partial charge < -0.3 is 0 Å². The number of carbonyl (C=O) groups excluding carboxylic acids is 1. The van der Waals surface area contributed by atoms with Gasteiger partial charge in [0.1, 0.15) is 5.82 Å². The first-order valence-corrected chi connectivity index (χ1v) is 5.60. The molecular weight excluding hydrogens is 326 g/mol. The van der Waals surface area contributed by atoms with Gasteiger partial charge in [0.05, 0.1) is 20.4 Å². The van der Waals surface area contributed by atoms with Gasteiger partial charge in [0.25, 0.3) is 0 Å². The standard InChI is InChI=1S/C8H4Br2ClFO/c9-3-6(13)4-1-2-5(11)7(10)8(4)12/h1-2H,3H2. The predicted molar refractivity (Wildman–Crippen MR) is 57.2 cm³/mol. The van der Waals surface area contributed by atoms with Crippen LogP contribution >= 0.6 is 43.5 Å². The van der Waals surface area contributed by atoms with Crippen LogP contribution in [-0.2, 0) is 0 Å². The highest BCUT2D eigenvalue weighted by atomic mass is 79.9. The van der Waals surface area contributed by atoms with Crippen molar-refractivity contribution in [3.8, 4) is 0 Å². The maximum atomic E-state index is 13.3. The first-order chi connectivity index (χ1) is 6.07. The number of hydrogen-bond acceptors (Lipinski definition) is 1. The lowest BCUT2D eigenvalue weighted by Crippen LogP contribution is -2.03. The molecule has 1 aromatic rings. The van der Waals surface area contributed by atoms with Gasteiger partial charge in [0.15, 0.2) is 5.78 Å². The minimum absolute atomic E-state index is 0.0353. The Kier molecular flexibility index (Phi) is 3.88. The average molecular weight is 330 g/mol. The Balaban J connectivity index is 3.26. The van der Waals surface area contributed by atoms with Gasteiger partial charge >= 0.3 is 0 Å². The normalized spacial score (nSPS) is 10.2. The summed E-state index contributed by atoms with van der Waals surface area (Å²) in [5.41, 5.74) is 0.0353. The van der Waals surface area contributed by atoms with Crippen LogP contribution in [-0.4, -0.2) is 11.1 Å². The third kappa shape index (κ3) is 2.30. The molecule has 1 rings (SSSR count). The number of benzene rings is 1. The van der Waals surface area contributed by atoms with Gasteiger partial charge in [-0.25, -0.2) is 4.39 Å². The van der Waals surface area contributed by atoms with E-state index in [9.17, 15) is 9.18 Å². The SMILES string of the molecule is O=C(CBr)c1ccc(Cl)c(Br)c1F. The number of hydrogen-bond donors (Lipinski definition) is 0. The fourth-order valence-corrected chi connectivity index (χ4v) is 1.61. The van der Waals surface area contributed by atoms with E-state index >= 15 is 0 Å². The molecule has 0 spiro atoms. The molecule has 70 valence electrons. The first kappa shape index (κ1) is 11.1. The minimum Gasteiger partial charge on any atom is -0.293 e. The number of alkyl halides is 1. The smallest absolute Gasteiger partial charge is 0.176 e. The summed E-state index contributed by atoms with van der Waals surface area (Å²) in [6.45, 7) is 0. The van der Waals surface area contributed by atoms with Crippen molar-refractivity contribution >= 4 is 49.2 Å². The number of Topliss-reactive ketones (excluding diaryl/α,β-unsaturated/α-hetero) is 1. The second-order valence-electron chi connectivity index (χ2n) is 2.28. The maximum Gasteiger partial charge on any atom is 0.176 e. The molecule has 0 bridgehead atoms. The van der Waals surface area contributed by atoms with Crippen LogP contribution in [0.15, 0.2) is 16.6 Å². The van der Waals surface area contributed by atoms with Gasteiger partial charge in [-0.15, -0.1) is 0 Å². The Labute approximate surface area is 96.5 Å². The summed E-state index contributed by atoms with van der Waals surface area (Å²) in [5, 5.41) is 0.349. The average Bonchev–Trinajstić information content (AvgIpc) is 2.13. The zero-order valence-electron chi connectivity index (χ0n) is 6.28. The van der Waals surface area contributed by atoms with Crippen LogP contribution in [0.4, 0.5) is 4.39 Å². The summed E-state index contributed by atoms with van der Waals surface area (Å²) in [6, 6.07) is 2.84. The van der Waals surface area contributed by atoms with Crippen molar-refractivity contribution in [2.75, 3.05) is 5.33 Å². The van der Waals surface area contributed by atoms with E-state index in [0.717, 1.165) is 0 Å². The Morgan fingerprint density at radius 2 is 2.15 bits per heavy atom. The Morgan fingerprint density at radius 3 is 2.69 bits per heavy atom. The Morgan fingerprint density at radius 1 is 1.54 bits per heavy atom. The summed E-state index contributed by atoms with van der Waals surface area (Å²) in [5.74, 6) is -0.924. The van der Waals surface area contributed by atoms with E-state index in [1.165, 1.54) is 12.1 Å². The van der Waals surface area contributed by atoms with E-state index in [0.29, 0.717) is 0 Å². The third-order valence-corrected chi connectivity index (χ3v) is 3.28. The topological polar surface area (TPSA) is 17.1 Å². The first-order valence-electron chi connectivity index (χ1n) is 3.30. The zero-order chi connectivity index (χ0) is 10.0. The van der Waals surface area contributed by atoms with Crippen LogP contribution in [0, 0.1) is 5.82 Å². The number of carbonyl (C=O) groups is 1. The van der Waals surface area contributed by atoms with Crippen LogP contribution in [0.1, 0.15) is 10.4 Å². The molecule has 0 saturated heterocycles. The predicted octanol–water partition coefficient (Wildman–Crippen LogP) is 3.82. The van der Waals surface area contributed by atoms with Gasteiger partial charge in [0.2, 0.25) is 0 Å². The van der Waals surface area contributed by atoms with E-state index in [1.807, 2.05) is 0 Å². The van der Waals surface area contributed by atoms with Crippen molar-refractivity contribution in [1.82, 2.24) is 0 Å². The molecule has 0 atom stereocenters. The van der Waals surface area contributed by atoms with Crippen LogP contribution in [0.25, 0.3) is 0 Å². The molecule has 0 fully saturated rings. The van der Waals surface area contributed by atoms with Gasteiger partial charge in [-0.05, 0) is 28.1 Å². The largest absolute Gasteiger partial charge is 0.293 e. The molecule has 1 nitrogen and oxygen atoms in total. The van der Waals surface area contributed by atoms with E-state index in [2.05, 4.69) is 31.9 Å².